The van der Waals surface area contributed by atoms with Gasteiger partial charge in [0.2, 0.25) is 12.2 Å². The van der Waals surface area contributed by atoms with Gasteiger partial charge in [0, 0.05) is 40.2 Å². The number of nitrogen functional groups attached to an aromatic ring is 1. The number of hydrazine groups is 1. The van der Waals surface area contributed by atoms with Crippen molar-refractivity contribution in [2.24, 2.45) is 5.84 Å². The molecule has 0 bridgehead atoms. The lowest BCUT2D eigenvalue weighted by molar-refractivity contribution is -0.179. The van der Waals surface area contributed by atoms with Gasteiger partial charge >= 0.3 is 36.4 Å². The predicted molar refractivity (Wildman–Crippen MR) is 212 cm³/mol. The van der Waals surface area contributed by atoms with Crippen molar-refractivity contribution in [2.45, 2.75) is 52.1 Å². The lowest BCUT2D eigenvalue weighted by Crippen LogP contribution is -2.30. The Morgan fingerprint density at radius 3 is 1.56 bits per heavy atom. The monoisotopic (exact) mass is 970 g/mol. The summed E-state index contributed by atoms with van der Waals surface area (Å²) in [6.07, 6.45) is -14.7. The van der Waals surface area contributed by atoms with E-state index in [1.54, 1.807) is 26.4 Å². The number of anilines is 1. The fourth-order valence-electron chi connectivity index (χ4n) is 4.09. The smallest absolute Gasteiger partial charge is 0.455 e. The van der Waals surface area contributed by atoms with Gasteiger partial charge in [-0.2, -0.15) is 44.6 Å². The van der Waals surface area contributed by atoms with Gasteiger partial charge < -0.3 is 34.0 Å². The van der Waals surface area contributed by atoms with Crippen molar-refractivity contribution in [2.75, 3.05) is 67.7 Å². The van der Waals surface area contributed by atoms with Crippen molar-refractivity contribution in [1.82, 2.24) is 19.6 Å². The van der Waals surface area contributed by atoms with E-state index in [9.17, 15) is 72.3 Å². The molecule has 0 aliphatic heterocycles. The zero-order valence-electron chi connectivity index (χ0n) is 36.8. The van der Waals surface area contributed by atoms with Crippen LogP contribution in [0.4, 0.5) is 54.0 Å². The number of methoxy groups -OCH3 is 2. The molecule has 3 aromatic rings. The van der Waals surface area contributed by atoms with Crippen LogP contribution in [0, 0.1) is 11.6 Å². The number of esters is 3. The van der Waals surface area contributed by atoms with E-state index in [1.807, 2.05) is 19.0 Å². The fraction of sp³-hybridized carbons (Fsp3) is 0.436. The molecule has 0 saturated carbocycles. The Kier molecular flexibility index (Phi) is 28.2. The van der Waals surface area contributed by atoms with E-state index in [4.69, 9.17) is 15.3 Å². The van der Waals surface area contributed by atoms with Gasteiger partial charge in [-0.1, -0.05) is 0 Å². The molecule has 0 unspecified atom stereocenters. The maximum Gasteiger partial charge on any atom is 0.455 e. The first kappa shape index (κ1) is 61.9. The summed E-state index contributed by atoms with van der Waals surface area (Å²) in [5.41, 5.74) is 0.106. The van der Waals surface area contributed by atoms with Gasteiger partial charge in [-0.3, -0.25) is 25.1 Å². The molecule has 16 nitrogen and oxygen atoms in total. The van der Waals surface area contributed by atoms with E-state index < -0.39 is 77.1 Å². The molecule has 372 valence electrons. The number of ketones is 2. The molecular formula is C39H49F11N6O10. The van der Waals surface area contributed by atoms with Crippen LogP contribution in [0.3, 0.4) is 0 Å². The Labute approximate surface area is 371 Å². The first-order valence-corrected chi connectivity index (χ1v) is 18.4. The molecule has 0 atom stereocenters. The van der Waals surface area contributed by atoms with Crippen molar-refractivity contribution in [3.05, 3.63) is 89.4 Å². The number of rotatable bonds is 14. The molecule has 0 saturated heterocycles. The quantitative estimate of drug-likeness (QED) is 0.0201. The fourth-order valence-corrected chi connectivity index (χ4v) is 4.09. The number of hydrogen-bond donors (Lipinski definition) is 2. The molecule has 0 radical (unpaired) electrons. The number of ether oxygens (including phenoxy) is 5. The van der Waals surface area contributed by atoms with Crippen molar-refractivity contribution in [3.63, 3.8) is 0 Å². The van der Waals surface area contributed by atoms with E-state index in [1.165, 1.54) is 47.0 Å². The molecule has 27 heteroatoms. The van der Waals surface area contributed by atoms with E-state index in [0.29, 0.717) is 10.4 Å². The maximum atomic E-state index is 13.2. The first-order valence-electron chi connectivity index (χ1n) is 18.4. The van der Waals surface area contributed by atoms with E-state index >= 15 is 0 Å². The van der Waals surface area contributed by atoms with Crippen LogP contribution >= 0.6 is 0 Å². The highest BCUT2D eigenvalue weighted by molar-refractivity contribution is 6.19. The molecule has 2 aromatic carbocycles. The topological polar surface area (TPSA) is 194 Å². The van der Waals surface area contributed by atoms with Crippen molar-refractivity contribution >= 4 is 35.2 Å². The second-order valence-electron chi connectivity index (χ2n) is 12.4. The summed E-state index contributed by atoms with van der Waals surface area (Å²) in [7, 11) is 9.77. The average molecular weight is 971 g/mol. The number of nitrogens with one attached hydrogen (secondary N) is 1. The zero-order chi connectivity index (χ0) is 51.6. The second kappa shape index (κ2) is 30.1. The van der Waals surface area contributed by atoms with Crippen LogP contribution in [0.15, 0.2) is 66.5 Å². The SMILES string of the molecule is CCOC(=O)/C(=C\N(C)C)C(=O)C(F)(F)F.CCOC(=O)CC(=O)C(F)(F)F.CCOC(=O)c1cnn(-c2ccc(F)cc2)c1C(F)(F)F.COC(OC)N(C)C.NNc1ccc(F)cc1. The number of aromatic nitrogens is 2. The predicted octanol–water partition coefficient (Wildman–Crippen LogP) is 6.64. The van der Waals surface area contributed by atoms with Crippen molar-refractivity contribution in [3.8, 4) is 5.69 Å². The number of carbonyl (C=O) groups excluding carboxylic acids is 5. The molecule has 0 spiro atoms. The maximum absolute atomic E-state index is 13.2. The van der Waals surface area contributed by atoms with Gasteiger partial charge in [0.05, 0.1) is 31.7 Å². The summed E-state index contributed by atoms with van der Waals surface area (Å²) in [4.78, 5) is 57.1. The Morgan fingerprint density at radius 2 is 1.21 bits per heavy atom. The molecule has 0 aliphatic carbocycles. The molecule has 66 heavy (non-hydrogen) atoms. The van der Waals surface area contributed by atoms with E-state index in [2.05, 4.69) is 24.7 Å². The first-order chi connectivity index (χ1) is 30.5. The number of nitrogens with two attached hydrogens (primary N) is 1. The number of hydrogen-bond acceptors (Lipinski definition) is 15. The summed E-state index contributed by atoms with van der Waals surface area (Å²) in [6.45, 7) is 4.16. The number of nitrogens with zero attached hydrogens (tertiary/aromatic N) is 4. The Hall–Kier alpha value is -6.19. The number of Topliss-reactive ketones (excluding diaryl/α,β-unsaturated/α-hetero) is 2. The Bertz CT molecular complexity index is 1970. The number of benzene rings is 2. The average Bonchev–Trinajstić information content (AvgIpc) is 3.68. The highest BCUT2D eigenvalue weighted by Crippen LogP contribution is 2.34. The highest BCUT2D eigenvalue weighted by Gasteiger charge is 2.44. The standard InChI is InChI=1S/C13H10F4N2O2.C9H12F3NO3.C6H7F3O3.C6H7FN2.C5H13NO2/c1-2-21-12(20)10-7-18-19(11(10)13(15,16)17)9-5-3-8(14)4-6-9;1-4-16-8(15)6(5-13(2)3)7(14)9(10,11)12;1-2-12-5(11)3-4(10)6(7,8)9;7-5-1-3-6(9-8)4-2-5;1-6(2)5(7-3)8-4/h3-7H,2H2,1H3;5H,4H2,1-3H3;2-3H2,1H3;1-4,9H,8H2;5H,1-4H3/b;6-5-;;;. The Balaban J connectivity index is 0. The minimum Gasteiger partial charge on any atom is -0.466 e. The molecule has 1 heterocycles. The van der Waals surface area contributed by atoms with E-state index in [0.717, 1.165) is 41.6 Å². The van der Waals surface area contributed by atoms with Crippen LogP contribution in [0.2, 0.25) is 0 Å². The molecule has 3 rings (SSSR count). The van der Waals surface area contributed by atoms with Crippen LogP contribution in [0.25, 0.3) is 5.69 Å². The van der Waals surface area contributed by atoms with Gasteiger partial charge in [0.1, 0.15) is 29.2 Å². The number of alkyl halides is 9. The minimum atomic E-state index is -5.09. The second-order valence-corrected chi connectivity index (χ2v) is 12.4. The summed E-state index contributed by atoms with van der Waals surface area (Å²) in [6, 6.07) is 10.1. The van der Waals surface area contributed by atoms with Gasteiger partial charge in [0.25, 0.3) is 5.78 Å². The molecule has 1 aromatic heterocycles. The van der Waals surface area contributed by atoms with E-state index in [-0.39, 0.29) is 37.7 Å². The summed E-state index contributed by atoms with van der Waals surface area (Å²) in [5, 5.41) is 3.56. The molecule has 0 aliphatic rings. The van der Waals surface area contributed by atoms with Gasteiger partial charge in [-0.15, -0.1) is 0 Å². The van der Waals surface area contributed by atoms with Crippen LogP contribution in [-0.2, 0) is 49.0 Å². The van der Waals surface area contributed by atoms with Crippen molar-refractivity contribution in [1.29, 1.82) is 0 Å². The van der Waals surface area contributed by atoms with Crippen LogP contribution in [0.5, 0.6) is 0 Å². The largest absolute Gasteiger partial charge is 0.466 e. The van der Waals surface area contributed by atoms with Crippen LogP contribution in [-0.4, -0.2) is 130 Å². The highest BCUT2D eigenvalue weighted by atomic mass is 19.4. The lowest BCUT2D eigenvalue weighted by Gasteiger charge is -2.19. The van der Waals surface area contributed by atoms with Crippen LogP contribution in [0.1, 0.15) is 43.2 Å². The molecule has 3 N–H and O–H groups in total. The van der Waals surface area contributed by atoms with Crippen molar-refractivity contribution < 1.29 is 96.0 Å². The lowest BCUT2D eigenvalue weighted by atomic mass is 10.2. The van der Waals surface area contributed by atoms with Gasteiger partial charge in [-0.05, 0) is 83.4 Å². The number of carbonyl (C=O) groups is 5. The minimum absolute atomic E-state index is 0.0146. The third kappa shape index (κ3) is 24.2. The molecular weight excluding hydrogens is 921 g/mol. The van der Waals surface area contributed by atoms with Crippen LogP contribution < -0.4 is 11.3 Å². The normalized spacial score (nSPS) is 11.2. The summed E-state index contributed by atoms with van der Waals surface area (Å²) in [5.74, 6) is -3.66. The third-order valence-corrected chi connectivity index (χ3v) is 6.75. The molecule has 0 fully saturated rings. The summed E-state index contributed by atoms with van der Waals surface area (Å²) < 4.78 is 159. The number of halogens is 11. The Morgan fingerprint density at radius 1 is 0.742 bits per heavy atom. The van der Waals surface area contributed by atoms with Gasteiger partial charge in [-0.25, -0.2) is 23.1 Å². The van der Waals surface area contributed by atoms with Gasteiger partial charge in [0.15, 0.2) is 5.69 Å². The molecule has 0 amide bonds. The zero-order valence-corrected chi connectivity index (χ0v) is 36.8. The third-order valence-electron chi connectivity index (χ3n) is 6.75. The summed E-state index contributed by atoms with van der Waals surface area (Å²) >= 11 is 0.